The summed E-state index contributed by atoms with van der Waals surface area (Å²) in [5.74, 6) is 0.880. The van der Waals surface area contributed by atoms with Gasteiger partial charge >= 0.3 is 0 Å². The number of hydrogen-bond acceptors (Lipinski definition) is 1. The molecular formula is C8H17N3. The van der Waals surface area contributed by atoms with Gasteiger partial charge in [-0.05, 0) is 20.0 Å². The van der Waals surface area contributed by atoms with E-state index in [1.807, 2.05) is 18.9 Å². The Morgan fingerprint density at radius 2 is 2.27 bits per heavy atom. The summed E-state index contributed by atoms with van der Waals surface area (Å²) in [5, 5.41) is 2.97. The second kappa shape index (κ2) is 5.77. The third-order valence-electron chi connectivity index (χ3n) is 1.37. The lowest BCUT2D eigenvalue weighted by Crippen LogP contribution is -2.35. The van der Waals surface area contributed by atoms with Gasteiger partial charge in [-0.3, -0.25) is 4.99 Å². The molecule has 0 aliphatic heterocycles. The average Bonchev–Trinajstić information content (AvgIpc) is 2.03. The highest BCUT2D eigenvalue weighted by molar-refractivity contribution is 5.80. The van der Waals surface area contributed by atoms with Gasteiger partial charge in [0.2, 0.25) is 0 Å². The first-order chi connectivity index (χ1) is 5.26. The molecule has 0 aromatic heterocycles. The van der Waals surface area contributed by atoms with E-state index in [1.54, 1.807) is 6.20 Å². The molecule has 64 valence electrons. The predicted molar refractivity (Wildman–Crippen MR) is 49.6 cm³/mol. The molecule has 3 heteroatoms. The Morgan fingerprint density at radius 3 is 2.64 bits per heavy atom. The maximum absolute atomic E-state index is 4.24. The van der Waals surface area contributed by atoms with Gasteiger partial charge in [0.05, 0.1) is 0 Å². The number of hydrogen-bond donors (Lipinski definition) is 1. The minimum atomic E-state index is 0.792. The molecule has 0 saturated carbocycles. The van der Waals surface area contributed by atoms with Crippen LogP contribution in [0.1, 0.15) is 13.8 Å². The number of guanidine groups is 1. The van der Waals surface area contributed by atoms with Crippen LogP contribution in [-0.2, 0) is 0 Å². The van der Waals surface area contributed by atoms with Crippen LogP contribution in [0.25, 0.3) is 0 Å². The summed E-state index contributed by atoms with van der Waals surface area (Å²) in [6.45, 7) is 9.40. The van der Waals surface area contributed by atoms with Crippen LogP contribution in [0.3, 0.4) is 0 Å². The van der Waals surface area contributed by atoms with Crippen molar-refractivity contribution in [2.45, 2.75) is 13.8 Å². The minimum Gasteiger partial charge on any atom is -0.346 e. The van der Waals surface area contributed by atoms with E-state index >= 15 is 0 Å². The van der Waals surface area contributed by atoms with Crippen LogP contribution < -0.4 is 5.32 Å². The summed E-state index contributed by atoms with van der Waals surface area (Å²) in [6, 6.07) is 0. The molecule has 0 radical (unpaired) electrons. The maximum Gasteiger partial charge on any atom is 0.197 e. The molecule has 0 fully saturated rings. The van der Waals surface area contributed by atoms with Crippen molar-refractivity contribution in [3.8, 4) is 0 Å². The first-order valence-electron chi connectivity index (χ1n) is 3.89. The summed E-state index contributed by atoms with van der Waals surface area (Å²) in [5.41, 5.74) is 0. The van der Waals surface area contributed by atoms with Crippen molar-refractivity contribution >= 4 is 5.96 Å². The molecule has 0 bridgehead atoms. The highest BCUT2D eigenvalue weighted by atomic mass is 15.3. The van der Waals surface area contributed by atoms with E-state index in [1.165, 1.54) is 0 Å². The fourth-order valence-corrected chi connectivity index (χ4v) is 0.667. The molecular weight excluding hydrogens is 138 g/mol. The lowest BCUT2D eigenvalue weighted by Gasteiger charge is -2.18. The van der Waals surface area contributed by atoms with Gasteiger partial charge in [0.15, 0.2) is 5.96 Å². The van der Waals surface area contributed by atoms with Gasteiger partial charge in [0.1, 0.15) is 0 Å². The molecule has 0 heterocycles. The van der Waals surface area contributed by atoms with Crippen LogP contribution >= 0.6 is 0 Å². The van der Waals surface area contributed by atoms with Gasteiger partial charge in [0.25, 0.3) is 0 Å². The van der Waals surface area contributed by atoms with Crippen molar-refractivity contribution in [2.75, 3.05) is 20.1 Å². The Kier molecular flexibility index (Phi) is 5.25. The monoisotopic (exact) mass is 155 g/mol. The Hall–Kier alpha value is -0.990. The number of nitrogens with one attached hydrogen (secondary N) is 1. The second-order valence-corrected chi connectivity index (χ2v) is 2.16. The Labute approximate surface area is 68.8 Å². The van der Waals surface area contributed by atoms with Crippen molar-refractivity contribution in [2.24, 2.45) is 4.99 Å². The molecule has 0 saturated heterocycles. The van der Waals surface area contributed by atoms with Crippen molar-refractivity contribution in [3.05, 3.63) is 12.8 Å². The van der Waals surface area contributed by atoms with E-state index in [0.29, 0.717) is 0 Å². The zero-order chi connectivity index (χ0) is 8.69. The molecule has 0 rings (SSSR count). The third-order valence-corrected chi connectivity index (χ3v) is 1.37. The van der Waals surface area contributed by atoms with Gasteiger partial charge in [0, 0.05) is 20.1 Å². The first kappa shape index (κ1) is 10.0. The molecule has 0 aromatic carbocycles. The number of rotatable bonds is 3. The molecule has 0 aliphatic carbocycles. The lowest BCUT2D eigenvalue weighted by atomic mass is 10.6. The van der Waals surface area contributed by atoms with Gasteiger partial charge in [-0.15, -0.1) is 0 Å². The highest BCUT2D eigenvalue weighted by Crippen LogP contribution is 1.84. The summed E-state index contributed by atoms with van der Waals surface area (Å²) < 4.78 is 0. The van der Waals surface area contributed by atoms with E-state index in [-0.39, 0.29) is 0 Å². The van der Waals surface area contributed by atoms with Crippen molar-refractivity contribution in [3.63, 3.8) is 0 Å². The molecule has 0 aromatic rings. The van der Waals surface area contributed by atoms with Crippen molar-refractivity contribution in [1.82, 2.24) is 10.2 Å². The molecule has 0 amide bonds. The number of aliphatic imine (C=N–C) groups is 1. The van der Waals surface area contributed by atoms with Crippen molar-refractivity contribution < 1.29 is 0 Å². The van der Waals surface area contributed by atoms with Gasteiger partial charge in [-0.25, -0.2) is 0 Å². The van der Waals surface area contributed by atoms with E-state index < -0.39 is 0 Å². The topological polar surface area (TPSA) is 27.6 Å². The van der Waals surface area contributed by atoms with Crippen molar-refractivity contribution in [1.29, 1.82) is 0 Å². The zero-order valence-electron chi connectivity index (χ0n) is 7.59. The van der Waals surface area contributed by atoms with Crippen LogP contribution in [-0.4, -0.2) is 31.0 Å². The largest absolute Gasteiger partial charge is 0.346 e. The predicted octanol–water partition coefficient (Wildman–Crippen LogP) is 1.05. The smallest absolute Gasteiger partial charge is 0.197 e. The van der Waals surface area contributed by atoms with Gasteiger partial charge < -0.3 is 10.2 Å². The fourth-order valence-electron chi connectivity index (χ4n) is 0.667. The zero-order valence-corrected chi connectivity index (χ0v) is 7.59. The van der Waals surface area contributed by atoms with Crippen LogP contribution in [0.4, 0.5) is 0 Å². The molecule has 0 spiro atoms. The van der Waals surface area contributed by atoms with Crippen LogP contribution in [0.5, 0.6) is 0 Å². The fraction of sp³-hybridized carbons (Fsp3) is 0.625. The summed E-state index contributed by atoms with van der Waals surface area (Å²) >= 11 is 0. The average molecular weight is 155 g/mol. The summed E-state index contributed by atoms with van der Waals surface area (Å²) in [7, 11) is 1.99. The highest BCUT2D eigenvalue weighted by Gasteiger charge is 1.98. The molecule has 0 aliphatic rings. The Morgan fingerprint density at radius 1 is 1.64 bits per heavy atom. The molecule has 11 heavy (non-hydrogen) atoms. The molecule has 0 unspecified atom stereocenters. The summed E-state index contributed by atoms with van der Waals surface area (Å²) in [6.07, 6.45) is 1.64. The Bertz CT molecular complexity index is 140. The normalized spacial score (nSPS) is 11.0. The van der Waals surface area contributed by atoms with E-state index in [2.05, 4.69) is 23.8 Å². The van der Waals surface area contributed by atoms with E-state index in [9.17, 15) is 0 Å². The molecule has 0 atom stereocenters. The van der Waals surface area contributed by atoms with E-state index in [4.69, 9.17) is 0 Å². The standard InChI is InChI=1S/C8H17N3/c1-5-9-8(10-6-2)11(4)7-3/h5H,1,6-7H2,2-4H3,(H,9,10). The lowest BCUT2D eigenvalue weighted by molar-refractivity contribution is 0.517. The number of nitrogens with zero attached hydrogens (tertiary/aromatic N) is 2. The summed E-state index contributed by atoms with van der Waals surface area (Å²) in [4.78, 5) is 6.28. The Balaban J connectivity index is 4.08. The van der Waals surface area contributed by atoms with Crippen LogP contribution in [0, 0.1) is 0 Å². The quantitative estimate of drug-likeness (QED) is 0.487. The van der Waals surface area contributed by atoms with Crippen LogP contribution in [0.2, 0.25) is 0 Å². The second-order valence-electron chi connectivity index (χ2n) is 2.16. The first-order valence-corrected chi connectivity index (χ1v) is 3.89. The third kappa shape index (κ3) is 3.65. The molecule has 1 N–H and O–H groups in total. The van der Waals surface area contributed by atoms with Gasteiger partial charge in [-0.1, -0.05) is 6.58 Å². The molecule has 3 nitrogen and oxygen atoms in total. The SMILES string of the molecule is C=CNC(=NCC)N(C)CC. The maximum atomic E-state index is 4.24. The van der Waals surface area contributed by atoms with E-state index in [0.717, 1.165) is 19.0 Å². The minimum absolute atomic E-state index is 0.792. The van der Waals surface area contributed by atoms with Crippen LogP contribution in [0.15, 0.2) is 17.8 Å². The van der Waals surface area contributed by atoms with Gasteiger partial charge in [-0.2, -0.15) is 0 Å².